The van der Waals surface area contributed by atoms with Crippen molar-refractivity contribution < 1.29 is 4.92 Å². The van der Waals surface area contributed by atoms with Gasteiger partial charge in [-0.2, -0.15) is 0 Å². The lowest BCUT2D eigenvalue weighted by Gasteiger charge is -1.92. The number of nitrogens with two attached hydrogens (primary N) is 1. The molecule has 1 atom stereocenters. The largest absolute Gasteiger partial charge is 0.282 e. The Balaban J connectivity index is 3.64. The van der Waals surface area contributed by atoms with E-state index < -0.39 is 11.1 Å². The average molecular weight is 116 g/mol. The molecule has 0 aliphatic heterocycles. The molecule has 0 bridgehead atoms. The number of allylic oxidation sites excluding steroid dienone is 1. The highest BCUT2D eigenvalue weighted by atomic mass is 16.6. The van der Waals surface area contributed by atoms with E-state index in [0.29, 0.717) is 0 Å². The molecule has 1 unspecified atom stereocenters. The zero-order valence-electron chi connectivity index (χ0n) is 4.57. The van der Waals surface area contributed by atoms with Gasteiger partial charge in [0.05, 0.1) is 0 Å². The molecule has 0 rings (SSSR count). The van der Waals surface area contributed by atoms with Gasteiger partial charge in [-0.25, -0.2) is 0 Å². The van der Waals surface area contributed by atoms with E-state index in [4.69, 9.17) is 5.73 Å². The van der Waals surface area contributed by atoms with Crippen LogP contribution in [0.1, 0.15) is 6.92 Å². The quantitative estimate of drug-likeness (QED) is 0.241. The number of hydrogen-bond donors (Lipinski definition) is 1. The van der Waals surface area contributed by atoms with Crippen LogP contribution in [-0.2, 0) is 0 Å². The molecule has 0 spiro atoms. The molecule has 0 radical (unpaired) electrons. The summed E-state index contributed by atoms with van der Waals surface area (Å²) in [6.45, 7) is 1.68. The van der Waals surface area contributed by atoms with Crippen molar-refractivity contribution in [3.63, 3.8) is 0 Å². The van der Waals surface area contributed by atoms with Gasteiger partial charge in [0, 0.05) is 11.0 Å². The Morgan fingerprint density at radius 2 is 2.38 bits per heavy atom. The smallest absolute Gasteiger partial charge is 0.265 e. The minimum absolute atomic E-state index is 0.556. The van der Waals surface area contributed by atoms with E-state index in [2.05, 4.69) is 0 Å². The highest BCUT2D eigenvalue weighted by Crippen LogP contribution is 1.80. The molecule has 0 aromatic carbocycles. The molecule has 46 valence electrons. The fraction of sp³-hybridized carbons (Fsp3) is 0.500. The fourth-order valence-electron chi connectivity index (χ4n) is 0.267. The molecule has 0 saturated heterocycles. The Morgan fingerprint density at radius 3 is 2.50 bits per heavy atom. The van der Waals surface area contributed by atoms with Crippen molar-refractivity contribution in [1.82, 2.24) is 0 Å². The molecule has 0 aliphatic carbocycles. The first kappa shape index (κ1) is 7.10. The second kappa shape index (κ2) is 3.15. The lowest BCUT2D eigenvalue weighted by atomic mass is 10.4. The number of rotatable bonds is 2. The van der Waals surface area contributed by atoms with Crippen molar-refractivity contribution in [3.05, 3.63) is 22.3 Å². The molecule has 0 heterocycles. The molecule has 0 amide bonds. The first-order chi connectivity index (χ1) is 3.68. The molecule has 0 aromatic heterocycles. The molecule has 0 aromatic rings. The molecule has 0 saturated carbocycles. The Morgan fingerprint density at radius 1 is 1.88 bits per heavy atom. The summed E-state index contributed by atoms with van der Waals surface area (Å²) < 4.78 is 0. The standard InChI is InChI=1S/C4H8N2O2/c1-2-3-4(5)6(7)8/h2-4H,5H2,1H3/b3-2-. The van der Waals surface area contributed by atoms with Crippen LogP contribution in [0.3, 0.4) is 0 Å². The van der Waals surface area contributed by atoms with Gasteiger partial charge in [-0.1, -0.05) is 6.08 Å². The Kier molecular flexibility index (Phi) is 2.79. The molecular formula is C4H8N2O2. The van der Waals surface area contributed by atoms with Gasteiger partial charge >= 0.3 is 0 Å². The number of nitro groups is 1. The second-order valence-electron chi connectivity index (χ2n) is 1.30. The van der Waals surface area contributed by atoms with Gasteiger partial charge in [-0.15, -0.1) is 0 Å². The van der Waals surface area contributed by atoms with E-state index in [-0.39, 0.29) is 0 Å². The van der Waals surface area contributed by atoms with Gasteiger partial charge in [0.2, 0.25) is 0 Å². The Labute approximate surface area is 47.1 Å². The van der Waals surface area contributed by atoms with Crippen molar-refractivity contribution >= 4 is 0 Å². The van der Waals surface area contributed by atoms with Crippen LogP contribution in [0.15, 0.2) is 12.2 Å². The van der Waals surface area contributed by atoms with E-state index in [1.54, 1.807) is 13.0 Å². The molecule has 8 heavy (non-hydrogen) atoms. The molecule has 4 heteroatoms. The molecule has 4 nitrogen and oxygen atoms in total. The van der Waals surface area contributed by atoms with Crippen LogP contribution in [0.2, 0.25) is 0 Å². The summed E-state index contributed by atoms with van der Waals surface area (Å²) in [6.07, 6.45) is 1.83. The predicted octanol–water partition coefficient (Wildman–Crippen LogP) is 0.124. The zero-order valence-corrected chi connectivity index (χ0v) is 4.57. The third kappa shape index (κ3) is 2.30. The number of nitrogens with zero attached hydrogens (tertiary/aromatic N) is 1. The topological polar surface area (TPSA) is 69.2 Å². The van der Waals surface area contributed by atoms with Crippen LogP contribution in [0.5, 0.6) is 0 Å². The first-order valence-corrected chi connectivity index (χ1v) is 2.20. The minimum Gasteiger partial charge on any atom is -0.265 e. The molecular weight excluding hydrogens is 108 g/mol. The van der Waals surface area contributed by atoms with Crippen LogP contribution in [-0.4, -0.2) is 11.1 Å². The van der Waals surface area contributed by atoms with Gasteiger partial charge in [-0.3, -0.25) is 15.8 Å². The first-order valence-electron chi connectivity index (χ1n) is 2.20. The highest BCUT2D eigenvalue weighted by molar-refractivity contribution is 4.81. The van der Waals surface area contributed by atoms with Gasteiger partial charge in [0.15, 0.2) is 0 Å². The predicted molar refractivity (Wildman–Crippen MR) is 29.8 cm³/mol. The third-order valence-corrected chi connectivity index (χ3v) is 0.633. The van der Waals surface area contributed by atoms with Crippen molar-refractivity contribution in [2.24, 2.45) is 5.73 Å². The normalized spacial score (nSPS) is 14.2. The van der Waals surface area contributed by atoms with E-state index in [9.17, 15) is 10.1 Å². The summed E-state index contributed by atoms with van der Waals surface area (Å²) >= 11 is 0. The van der Waals surface area contributed by atoms with Gasteiger partial charge < -0.3 is 0 Å². The van der Waals surface area contributed by atoms with E-state index in [1.165, 1.54) is 6.08 Å². The maximum absolute atomic E-state index is 9.72. The second-order valence-corrected chi connectivity index (χ2v) is 1.30. The fourth-order valence-corrected chi connectivity index (χ4v) is 0.267. The maximum atomic E-state index is 9.72. The van der Waals surface area contributed by atoms with Crippen LogP contribution in [0, 0.1) is 10.1 Å². The SMILES string of the molecule is C/C=C\C(N)[N+](=O)[O-]. The highest BCUT2D eigenvalue weighted by Gasteiger charge is 2.04. The van der Waals surface area contributed by atoms with Crippen LogP contribution >= 0.6 is 0 Å². The Hall–Kier alpha value is -0.900. The van der Waals surface area contributed by atoms with Gasteiger partial charge in [0.25, 0.3) is 6.17 Å². The number of hydrogen-bond acceptors (Lipinski definition) is 3. The summed E-state index contributed by atoms with van der Waals surface area (Å²) in [7, 11) is 0. The average Bonchev–Trinajstić information content (AvgIpc) is 1.67. The molecule has 0 fully saturated rings. The van der Waals surface area contributed by atoms with E-state index in [1.807, 2.05) is 0 Å². The van der Waals surface area contributed by atoms with Crippen molar-refractivity contribution in [3.8, 4) is 0 Å². The summed E-state index contributed by atoms with van der Waals surface area (Å²) in [4.78, 5) is 9.16. The summed E-state index contributed by atoms with van der Waals surface area (Å²) in [5.41, 5.74) is 4.94. The lowest BCUT2D eigenvalue weighted by molar-refractivity contribution is -0.508. The van der Waals surface area contributed by atoms with Crippen LogP contribution < -0.4 is 5.73 Å². The minimum atomic E-state index is -1.04. The monoisotopic (exact) mass is 116 g/mol. The Bertz CT molecular complexity index is 111. The van der Waals surface area contributed by atoms with Gasteiger partial charge in [-0.05, 0) is 6.92 Å². The van der Waals surface area contributed by atoms with Gasteiger partial charge in [0.1, 0.15) is 0 Å². The van der Waals surface area contributed by atoms with E-state index in [0.717, 1.165) is 0 Å². The van der Waals surface area contributed by atoms with Crippen LogP contribution in [0.25, 0.3) is 0 Å². The van der Waals surface area contributed by atoms with Crippen molar-refractivity contribution in [1.29, 1.82) is 0 Å². The third-order valence-electron chi connectivity index (χ3n) is 0.633. The van der Waals surface area contributed by atoms with Crippen molar-refractivity contribution in [2.75, 3.05) is 0 Å². The summed E-state index contributed by atoms with van der Waals surface area (Å²) in [5, 5.41) is 9.72. The van der Waals surface area contributed by atoms with E-state index >= 15 is 0 Å². The summed E-state index contributed by atoms with van der Waals surface area (Å²) in [6, 6.07) is 0. The van der Waals surface area contributed by atoms with Crippen LogP contribution in [0.4, 0.5) is 0 Å². The van der Waals surface area contributed by atoms with Crippen molar-refractivity contribution in [2.45, 2.75) is 13.1 Å². The molecule has 2 N–H and O–H groups in total. The summed E-state index contributed by atoms with van der Waals surface area (Å²) in [5.74, 6) is 0. The maximum Gasteiger partial charge on any atom is 0.282 e. The lowest BCUT2D eigenvalue weighted by Crippen LogP contribution is -2.26. The zero-order chi connectivity index (χ0) is 6.57. The molecule has 0 aliphatic rings.